The van der Waals surface area contributed by atoms with Gasteiger partial charge in [-0.2, -0.15) is 0 Å². The van der Waals surface area contributed by atoms with Gasteiger partial charge in [-0.15, -0.1) is 0 Å². The van der Waals surface area contributed by atoms with Crippen molar-refractivity contribution in [2.24, 2.45) is 0 Å². The molecule has 0 saturated heterocycles. The number of hydrogen-bond acceptors (Lipinski definition) is 3. The minimum absolute atomic E-state index is 0.344. The number of amides is 1. The van der Waals surface area contributed by atoms with Gasteiger partial charge in [0.1, 0.15) is 5.54 Å². The molecule has 61 valence electrons. The monoisotopic (exact) mass is 156 g/mol. The Morgan fingerprint density at radius 3 is 2.73 bits per heavy atom. The van der Waals surface area contributed by atoms with Crippen molar-refractivity contribution in [1.29, 1.82) is 0 Å². The molecule has 0 aliphatic heterocycles. The topological polar surface area (TPSA) is 55.4 Å². The summed E-state index contributed by atoms with van der Waals surface area (Å²) in [4.78, 5) is 21.0. The summed E-state index contributed by atoms with van der Waals surface area (Å²) in [7, 11) is 0. The first-order chi connectivity index (χ1) is 5.25. The Kier molecular flexibility index (Phi) is 2.12. The zero-order valence-electron chi connectivity index (χ0n) is 6.35. The third-order valence-corrected chi connectivity index (χ3v) is 1.71. The van der Waals surface area contributed by atoms with E-state index in [1.165, 1.54) is 6.41 Å². The summed E-state index contributed by atoms with van der Waals surface area (Å²) >= 11 is 0. The standard InChI is InChI=1S/C7H10NO3/c1-2-11-6(10)7(3-4-7)8-5-9/h2-4H2,1H3,(H,8,9). The van der Waals surface area contributed by atoms with E-state index in [4.69, 9.17) is 4.74 Å². The van der Waals surface area contributed by atoms with Crippen molar-refractivity contribution >= 4 is 12.4 Å². The first-order valence-electron chi connectivity index (χ1n) is 3.57. The van der Waals surface area contributed by atoms with Crippen LogP contribution in [0.2, 0.25) is 0 Å². The summed E-state index contributed by atoms with van der Waals surface area (Å²) in [6.07, 6.45) is 2.84. The second-order valence-electron chi connectivity index (χ2n) is 2.53. The molecule has 4 nitrogen and oxygen atoms in total. The highest BCUT2D eigenvalue weighted by Gasteiger charge is 2.51. The lowest BCUT2D eigenvalue weighted by molar-refractivity contribution is -0.146. The summed E-state index contributed by atoms with van der Waals surface area (Å²) < 4.78 is 4.74. The number of carbonyl (C=O) groups is 1. The second kappa shape index (κ2) is 2.90. The summed E-state index contributed by atoms with van der Waals surface area (Å²) in [6, 6.07) is 0. The average Bonchev–Trinajstić information content (AvgIpc) is 2.71. The van der Waals surface area contributed by atoms with Crippen LogP contribution in [0, 0.1) is 0 Å². The van der Waals surface area contributed by atoms with Crippen molar-refractivity contribution in [2.45, 2.75) is 25.3 Å². The third-order valence-electron chi connectivity index (χ3n) is 1.71. The highest BCUT2D eigenvalue weighted by atomic mass is 16.5. The van der Waals surface area contributed by atoms with Gasteiger partial charge < -0.3 is 10.1 Å². The Morgan fingerprint density at radius 1 is 1.73 bits per heavy atom. The van der Waals surface area contributed by atoms with Crippen LogP contribution in [0.1, 0.15) is 19.8 Å². The van der Waals surface area contributed by atoms with Gasteiger partial charge in [-0.1, -0.05) is 0 Å². The first-order valence-corrected chi connectivity index (χ1v) is 3.57. The smallest absolute Gasteiger partial charge is 0.331 e. The van der Waals surface area contributed by atoms with Gasteiger partial charge in [0.2, 0.25) is 0 Å². The normalized spacial score (nSPS) is 18.6. The molecule has 0 aromatic heterocycles. The minimum Gasteiger partial charge on any atom is -0.464 e. The number of ether oxygens (including phenoxy) is 1. The number of hydrogen-bond donors (Lipinski definition) is 1. The molecular weight excluding hydrogens is 146 g/mol. The predicted molar refractivity (Wildman–Crippen MR) is 37.4 cm³/mol. The van der Waals surface area contributed by atoms with Crippen LogP contribution in [0.5, 0.6) is 0 Å². The SMILES string of the molecule is CCOC(=O)C1(N[C]=O)CC1. The lowest BCUT2D eigenvalue weighted by Crippen LogP contribution is -2.39. The van der Waals surface area contributed by atoms with Crippen LogP contribution >= 0.6 is 0 Å². The summed E-state index contributed by atoms with van der Waals surface area (Å²) in [5.41, 5.74) is -0.724. The van der Waals surface area contributed by atoms with Crippen LogP contribution in [0.3, 0.4) is 0 Å². The largest absolute Gasteiger partial charge is 0.464 e. The molecule has 1 rings (SSSR count). The van der Waals surface area contributed by atoms with Crippen molar-refractivity contribution in [3.63, 3.8) is 0 Å². The molecule has 1 aliphatic rings. The van der Waals surface area contributed by atoms with E-state index in [1.54, 1.807) is 6.92 Å². The van der Waals surface area contributed by atoms with Crippen LogP contribution in [-0.4, -0.2) is 24.5 Å². The fraction of sp³-hybridized carbons (Fsp3) is 0.714. The lowest BCUT2D eigenvalue weighted by Gasteiger charge is -2.10. The molecule has 1 aliphatic carbocycles. The van der Waals surface area contributed by atoms with Gasteiger partial charge in [0.15, 0.2) is 0 Å². The maximum Gasteiger partial charge on any atom is 0.331 e. The van der Waals surface area contributed by atoms with E-state index in [1.807, 2.05) is 0 Å². The molecule has 0 spiro atoms. The van der Waals surface area contributed by atoms with Crippen molar-refractivity contribution in [3.05, 3.63) is 0 Å². The van der Waals surface area contributed by atoms with Crippen LogP contribution in [0.25, 0.3) is 0 Å². The second-order valence-corrected chi connectivity index (χ2v) is 2.53. The number of esters is 1. The first kappa shape index (κ1) is 8.04. The number of nitrogens with one attached hydrogen (secondary N) is 1. The lowest BCUT2D eigenvalue weighted by atomic mass is 10.3. The van der Waals surface area contributed by atoms with E-state index in [-0.39, 0.29) is 5.97 Å². The predicted octanol–water partition coefficient (Wildman–Crippen LogP) is -0.261. The molecule has 1 amide bonds. The molecule has 4 heteroatoms. The van der Waals surface area contributed by atoms with Gasteiger partial charge in [-0.05, 0) is 19.8 Å². The molecule has 1 N–H and O–H groups in total. The van der Waals surface area contributed by atoms with Crippen LogP contribution < -0.4 is 5.32 Å². The van der Waals surface area contributed by atoms with Crippen molar-refractivity contribution < 1.29 is 14.3 Å². The van der Waals surface area contributed by atoms with Gasteiger partial charge in [-0.3, -0.25) is 4.79 Å². The van der Waals surface area contributed by atoms with Crippen molar-refractivity contribution in [3.8, 4) is 0 Å². The molecule has 0 aromatic carbocycles. The van der Waals surface area contributed by atoms with Gasteiger partial charge >= 0.3 is 12.4 Å². The molecule has 0 atom stereocenters. The zero-order valence-corrected chi connectivity index (χ0v) is 6.35. The Balaban J connectivity index is 2.44. The molecule has 11 heavy (non-hydrogen) atoms. The van der Waals surface area contributed by atoms with Gasteiger partial charge in [0.25, 0.3) is 0 Å². The van der Waals surface area contributed by atoms with Gasteiger partial charge in [0, 0.05) is 0 Å². The maximum absolute atomic E-state index is 11.1. The molecule has 0 unspecified atom stereocenters. The maximum atomic E-state index is 11.1. The Morgan fingerprint density at radius 2 is 2.36 bits per heavy atom. The molecular formula is C7H10NO3. The average molecular weight is 156 g/mol. The van der Waals surface area contributed by atoms with Gasteiger partial charge in [0.05, 0.1) is 6.61 Å². The number of rotatable bonds is 4. The van der Waals surface area contributed by atoms with Gasteiger partial charge in [-0.25, -0.2) is 4.79 Å². The van der Waals surface area contributed by atoms with E-state index in [0.29, 0.717) is 19.4 Å². The highest BCUT2D eigenvalue weighted by Crippen LogP contribution is 2.35. The fourth-order valence-corrected chi connectivity index (χ4v) is 0.872. The summed E-state index contributed by atoms with van der Waals surface area (Å²) in [5, 5.41) is 2.34. The van der Waals surface area contributed by atoms with Crippen LogP contribution in [0.15, 0.2) is 0 Å². The Hall–Kier alpha value is -1.06. The van der Waals surface area contributed by atoms with Crippen molar-refractivity contribution in [1.82, 2.24) is 5.32 Å². The Labute approximate surface area is 64.9 Å². The molecule has 1 radical (unpaired) electrons. The van der Waals surface area contributed by atoms with E-state index < -0.39 is 5.54 Å². The van der Waals surface area contributed by atoms with E-state index in [0.717, 1.165) is 0 Å². The van der Waals surface area contributed by atoms with E-state index in [2.05, 4.69) is 5.32 Å². The molecule has 0 heterocycles. The van der Waals surface area contributed by atoms with Crippen LogP contribution in [-0.2, 0) is 14.3 Å². The van der Waals surface area contributed by atoms with Crippen LogP contribution in [0.4, 0.5) is 0 Å². The minimum atomic E-state index is -0.724. The summed E-state index contributed by atoms with van der Waals surface area (Å²) in [5.74, 6) is -0.344. The summed E-state index contributed by atoms with van der Waals surface area (Å²) in [6.45, 7) is 2.08. The number of carbonyl (C=O) groups excluding carboxylic acids is 2. The highest BCUT2D eigenvalue weighted by molar-refractivity contribution is 5.86. The van der Waals surface area contributed by atoms with E-state index >= 15 is 0 Å². The molecule has 1 fully saturated rings. The third kappa shape index (κ3) is 1.50. The molecule has 0 bridgehead atoms. The quantitative estimate of drug-likeness (QED) is 0.450. The Bertz CT molecular complexity index is 175. The molecule has 0 aromatic rings. The zero-order chi connectivity index (χ0) is 8.32. The van der Waals surface area contributed by atoms with E-state index in [9.17, 15) is 9.59 Å². The molecule has 1 saturated carbocycles. The van der Waals surface area contributed by atoms with Crippen molar-refractivity contribution in [2.75, 3.05) is 6.61 Å². The fourth-order valence-electron chi connectivity index (χ4n) is 0.872.